The molecule has 0 unspecified atom stereocenters. The standard InChI is InChI=1S/C37H37N3O3/c1-5-41-31-14-8-11-26(21-31)39(4)27-17-19-36-34(24-27)35-25-30(18-20-37(35)38-36)40(28-12-9-15-32(22-28)42-6-2)29-13-10-16-33(23-29)43-7-3/h8-25,38H,5-7H2,1-4H3. The van der Waals surface area contributed by atoms with Crippen molar-refractivity contribution in [3.05, 3.63) is 109 Å². The first-order valence-electron chi connectivity index (χ1n) is 14.9. The molecule has 6 rings (SSSR count). The number of rotatable bonds is 11. The highest BCUT2D eigenvalue weighted by molar-refractivity contribution is 6.10. The van der Waals surface area contributed by atoms with Crippen LogP contribution in [0.15, 0.2) is 109 Å². The smallest absolute Gasteiger partial charge is 0.121 e. The van der Waals surface area contributed by atoms with Gasteiger partial charge in [-0.25, -0.2) is 0 Å². The van der Waals surface area contributed by atoms with Crippen LogP contribution in [0, 0.1) is 0 Å². The van der Waals surface area contributed by atoms with Gasteiger partial charge >= 0.3 is 0 Å². The minimum absolute atomic E-state index is 0.608. The summed E-state index contributed by atoms with van der Waals surface area (Å²) in [5.74, 6) is 2.53. The molecule has 6 heteroatoms. The molecule has 6 aromatic rings. The van der Waals surface area contributed by atoms with Gasteiger partial charge in [-0.05, 0) is 93.6 Å². The lowest BCUT2D eigenvalue weighted by atomic mass is 10.1. The van der Waals surface area contributed by atoms with E-state index in [4.69, 9.17) is 14.2 Å². The molecule has 218 valence electrons. The number of aromatic amines is 1. The van der Waals surface area contributed by atoms with E-state index in [1.807, 2.05) is 57.2 Å². The second kappa shape index (κ2) is 12.4. The average Bonchev–Trinajstić information content (AvgIpc) is 3.39. The molecular formula is C37H37N3O3. The van der Waals surface area contributed by atoms with Gasteiger partial charge in [0.05, 0.1) is 19.8 Å². The summed E-state index contributed by atoms with van der Waals surface area (Å²) in [7, 11) is 2.09. The van der Waals surface area contributed by atoms with Crippen molar-refractivity contribution in [3.63, 3.8) is 0 Å². The van der Waals surface area contributed by atoms with Gasteiger partial charge in [0.25, 0.3) is 0 Å². The molecule has 0 fully saturated rings. The van der Waals surface area contributed by atoms with Gasteiger partial charge in [-0.2, -0.15) is 0 Å². The fraction of sp³-hybridized carbons (Fsp3) is 0.189. The van der Waals surface area contributed by atoms with E-state index < -0.39 is 0 Å². The molecule has 0 saturated heterocycles. The molecule has 1 N–H and O–H groups in total. The number of ether oxygens (including phenoxy) is 3. The van der Waals surface area contributed by atoms with Crippen molar-refractivity contribution in [2.24, 2.45) is 0 Å². The van der Waals surface area contributed by atoms with E-state index in [9.17, 15) is 0 Å². The summed E-state index contributed by atoms with van der Waals surface area (Å²) in [6, 6.07) is 37.8. The highest BCUT2D eigenvalue weighted by Gasteiger charge is 2.17. The number of nitrogens with zero attached hydrogens (tertiary/aromatic N) is 2. The van der Waals surface area contributed by atoms with Crippen molar-refractivity contribution < 1.29 is 14.2 Å². The zero-order valence-electron chi connectivity index (χ0n) is 25.1. The highest BCUT2D eigenvalue weighted by Crippen LogP contribution is 2.40. The SMILES string of the molecule is CCOc1cccc(N(C)c2ccc3[nH]c4ccc(N(c5cccc(OCC)c5)c5cccc(OCC)c5)cc4c3c2)c1. The van der Waals surface area contributed by atoms with Gasteiger partial charge in [0.1, 0.15) is 17.2 Å². The topological polar surface area (TPSA) is 50.0 Å². The number of hydrogen-bond donors (Lipinski definition) is 1. The molecule has 0 amide bonds. The summed E-state index contributed by atoms with van der Waals surface area (Å²) < 4.78 is 17.5. The molecule has 5 aromatic carbocycles. The van der Waals surface area contributed by atoms with Gasteiger partial charge < -0.3 is 29.0 Å². The Labute approximate surface area is 253 Å². The van der Waals surface area contributed by atoms with Crippen LogP contribution in [-0.2, 0) is 0 Å². The predicted molar refractivity (Wildman–Crippen MR) is 178 cm³/mol. The lowest BCUT2D eigenvalue weighted by Crippen LogP contribution is -2.10. The highest BCUT2D eigenvalue weighted by atomic mass is 16.5. The van der Waals surface area contributed by atoms with Gasteiger partial charge in [-0.3, -0.25) is 0 Å². The summed E-state index contributed by atoms with van der Waals surface area (Å²) in [4.78, 5) is 8.05. The Hall–Kier alpha value is -5.10. The molecule has 0 aliphatic rings. The maximum atomic E-state index is 5.87. The zero-order chi connectivity index (χ0) is 29.8. The van der Waals surface area contributed by atoms with Gasteiger partial charge in [0.15, 0.2) is 0 Å². The number of nitrogens with one attached hydrogen (secondary N) is 1. The van der Waals surface area contributed by atoms with Crippen molar-refractivity contribution in [1.29, 1.82) is 0 Å². The first-order valence-corrected chi connectivity index (χ1v) is 14.9. The molecule has 0 aliphatic carbocycles. The summed E-state index contributed by atoms with van der Waals surface area (Å²) >= 11 is 0. The van der Waals surface area contributed by atoms with E-state index in [2.05, 4.69) is 94.6 Å². The van der Waals surface area contributed by atoms with Gasteiger partial charge in [-0.1, -0.05) is 18.2 Å². The molecule has 0 spiro atoms. The largest absolute Gasteiger partial charge is 0.494 e. The minimum Gasteiger partial charge on any atom is -0.494 e. The summed E-state index contributed by atoms with van der Waals surface area (Å²) in [6.45, 7) is 7.86. The fourth-order valence-corrected chi connectivity index (χ4v) is 5.52. The van der Waals surface area contributed by atoms with E-state index in [1.165, 1.54) is 0 Å². The lowest BCUT2D eigenvalue weighted by Gasteiger charge is -2.26. The van der Waals surface area contributed by atoms with Crippen molar-refractivity contribution in [2.45, 2.75) is 20.8 Å². The van der Waals surface area contributed by atoms with Crippen LogP contribution in [0.3, 0.4) is 0 Å². The molecule has 0 atom stereocenters. The normalized spacial score (nSPS) is 11.1. The molecule has 1 aromatic heterocycles. The number of fused-ring (bicyclic) bond motifs is 3. The van der Waals surface area contributed by atoms with Crippen LogP contribution in [0.5, 0.6) is 17.2 Å². The maximum absolute atomic E-state index is 5.87. The molecule has 0 saturated carbocycles. The van der Waals surface area contributed by atoms with Crippen molar-refractivity contribution in [2.75, 3.05) is 36.7 Å². The monoisotopic (exact) mass is 571 g/mol. The predicted octanol–water partition coefficient (Wildman–Crippen LogP) is 9.75. The van der Waals surface area contributed by atoms with Gasteiger partial charge in [0, 0.05) is 75.5 Å². The first kappa shape index (κ1) is 28.0. The van der Waals surface area contributed by atoms with Crippen LogP contribution in [0.1, 0.15) is 20.8 Å². The van der Waals surface area contributed by atoms with Crippen LogP contribution in [0.25, 0.3) is 21.8 Å². The Morgan fingerprint density at radius 3 is 1.40 bits per heavy atom. The number of anilines is 5. The Kier molecular flexibility index (Phi) is 8.09. The second-order valence-corrected chi connectivity index (χ2v) is 10.3. The van der Waals surface area contributed by atoms with Gasteiger partial charge in [0.2, 0.25) is 0 Å². The Balaban J connectivity index is 1.46. The van der Waals surface area contributed by atoms with E-state index in [-0.39, 0.29) is 0 Å². The lowest BCUT2D eigenvalue weighted by molar-refractivity contribution is 0.340. The average molecular weight is 572 g/mol. The quantitative estimate of drug-likeness (QED) is 0.168. The van der Waals surface area contributed by atoms with Crippen LogP contribution in [0.2, 0.25) is 0 Å². The van der Waals surface area contributed by atoms with Crippen LogP contribution in [0.4, 0.5) is 28.4 Å². The summed E-state index contributed by atoms with van der Waals surface area (Å²) in [6.07, 6.45) is 0. The van der Waals surface area contributed by atoms with Crippen LogP contribution in [-0.4, -0.2) is 31.9 Å². The number of H-pyrrole nitrogens is 1. The zero-order valence-corrected chi connectivity index (χ0v) is 25.1. The van der Waals surface area contributed by atoms with E-state index >= 15 is 0 Å². The molecule has 1 heterocycles. The Morgan fingerprint density at radius 2 is 0.884 bits per heavy atom. The van der Waals surface area contributed by atoms with Crippen LogP contribution >= 0.6 is 0 Å². The minimum atomic E-state index is 0.608. The number of benzene rings is 5. The summed E-state index contributed by atoms with van der Waals surface area (Å²) in [5.41, 5.74) is 7.40. The second-order valence-electron chi connectivity index (χ2n) is 10.3. The molecule has 0 radical (unpaired) electrons. The van der Waals surface area contributed by atoms with Crippen LogP contribution < -0.4 is 24.0 Å². The third-order valence-electron chi connectivity index (χ3n) is 7.50. The molecule has 6 nitrogen and oxygen atoms in total. The third-order valence-corrected chi connectivity index (χ3v) is 7.50. The summed E-state index contributed by atoms with van der Waals surface area (Å²) in [5, 5.41) is 2.31. The molecule has 43 heavy (non-hydrogen) atoms. The molecular weight excluding hydrogens is 534 g/mol. The number of aromatic nitrogens is 1. The molecule has 0 bridgehead atoms. The van der Waals surface area contributed by atoms with Crippen molar-refractivity contribution >= 4 is 50.2 Å². The van der Waals surface area contributed by atoms with E-state index in [1.54, 1.807) is 0 Å². The third kappa shape index (κ3) is 5.82. The maximum Gasteiger partial charge on any atom is 0.121 e. The van der Waals surface area contributed by atoms with Gasteiger partial charge in [-0.15, -0.1) is 0 Å². The van der Waals surface area contributed by atoms with E-state index in [0.717, 1.165) is 67.5 Å². The fourth-order valence-electron chi connectivity index (χ4n) is 5.52. The first-order chi connectivity index (χ1) is 21.1. The Bertz CT molecular complexity index is 1810. The number of hydrogen-bond acceptors (Lipinski definition) is 5. The van der Waals surface area contributed by atoms with Crippen molar-refractivity contribution in [3.8, 4) is 17.2 Å². The Morgan fingerprint density at radius 1 is 0.488 bits per heavy atom. The van der Waals surface area contributed by atoms with Crippen molar-refractivity contribution in [1.82, 2.24) is 4.98 Å². The van der Waals surface area contributed by atoms with E-state index in [0.29, 0.717) is 19.8 Å². The molecule has 0 aliphatic heterocycles.